The maximum Gasteiger partial charge on any atom is 0.289 e. The molecule has 0 unspecified atom stereocenters. The normalized spacial score (nSPS) is 10.9. The number of carbonyl (C=O) groups is 1. The molecule has 0 atom stereocenters. The highest BCUT2D eigenvalue weighted by Crippen LogP contribution is 2.26. The quantitative estimate of drug-likeness (QED) is 0.561. The highest BCUT2D eigenvalue weighted by molar-refractivity contribution is 6.33. The smallest absolute Gasteiger partial charge is 0.272 e. The number of amides is 1. The Morgan fingerprint density at radius 3 is 2.71 bits per heavy atom. The second kappa shape index (κ2) is 7.10. The van der Waals surface area contributed by atoms with Gasteiger partial charge in [-0.2, -0.15) is 10.2 Å². The van der Waals surface area contributed by atoms with Gasteiger partial charge in [0.05, 0.1) is 16.9 Å². The Morgan fingerprint density at radius 2 is 1.96 bits per heavy atom. The van der Waals surface area contributed by atoms with Gasteiger partial charge >= 0.3 is 0 Å². The van der Waals surface area contributed by atoms with Crippen molar-refractivity contribution in [1.82, 2.24) is 15.6 Å². The number of aryl methyl sites for hydroxylation is 1. The molecule has 0 fully saturated rings. The van der Waals surface area contributed by atoms with E-state index in [-0.39, 0.29) is 5.91 Å². The Bertz CT molecular complexity index is 884. The summed E-state index contributed by atoms with van der Waals surface area (Å²) < 4.78 is 0. The molecule has 24 heavy (non-hydrogen) atoms. The van der Waals surface area contributed by atoms with Crippen LogP contribution in [-0.2, 0) is 0 Å². The second-order valence-corrected chi connectivity index (χ2v) is 5.66. The Labute approximate surface area is 144 Å². The van der Waals surface area contributed by atoms with E-state index in [0.29, 0.717) is 16.4 Å². The molecule has 0 spiro atoms. The van der Waals surface area contributed by atoms with Crippen molar-refractivity contribution in [2.45, 2.75) is 6.92 Å². The average Bonchev–Trinajstić information content (AvgIpc) is 3.07. The maximum absolute atomic E-state index is 12.1. The van der Waals surface area contributed by atoms with Gasteiger partial charge in [-0.3, -0.25) is 9.89 Å². The van der Waals surface area contributed by atoms with Gasteiger partial charge < -0.3 is 0 Å². The van der Waals surface area contributed by atoms with Crippen LogP contribution in [0.2, 0.25) is 5.02 Å². The number of hydrogen-bond acceptors (Lipinski definition) is 3. The number of hydrogen-bond donors (Lipinski definition) is 2. The highest BCUT2D eigenvalue weighted by Gasteiger charge is 2.12. The first-order valence-corrected chi connectivity index (χ1v) is 7.71. The van der Waals surface area contributed by atoms with Gasteiger partial charge in [0.15, 0.2) is 0 Å². The predicted octanol–water partition coefficient (Wildman–Crippen LogP) is 3.80. The van der Waals surface area contributed by atoms with Crippen molar-refractivity contribution in [3.8, 4) is 11.3 Å². The first kappa shape index (κ1) is 16.0. The van der Waals surface area contributed by atoms with E-state index in [4.69, 9.17) is 11.6 Å². The Morgan fingerprint density at radius 1 is 1.21 bits per heavy atom. The van der Waals surface area contributed by atoms with E-state index < -0.39 is 0 Å². The van der Waals surface area contributed by atoms with Crippen LogP contribution < -0.4 is 5.43 Å². The minimum absolute atomic E-state index is 0.311. The Balaban J connectivity index is 1.68. The fraction of sp³-hybridized carbons (Fsp3) is 0.0556. The molecule has 1 aromatic heterocycles. The fourth-order valence-corrected chi connectivity index (χ4v) is 2.36. The lowest BCUT2D eigenvalue weighted by Crippen LogP contribution is -2.17. The van der Waals surface area contributed by atoms with Crippen molar-refractivity contribution < 1.29 is 4.79 Å². The summed E-state index contributed by atoms with van der Waals surface area (Å²) in [6.07, 6.45) is 1.59. The molecule has 0 aliphatic heterocycles. The topological polar surface area (TPSA) is 70.1 Å². The largest absolute Gasteiger partial charge is 0.289 e. The van der Waals surface area contributed by atoms with Crippen LogP contribution in [0.15, 0.2) is 59.7 Å². The van der Waals surface area contributed by atoms with Crippen LogP contribution in [-0.4, -0.2) is 22.3 Å². The molecule has 0 saturated carbocycles. The monoisotopic (exact) mass is 338 g/mol. The number of halogens is 1. The van der Waals surface area contributed by atoms with Gasteiger partial charge in [-0.15, -0.1) is 0 Å². The van der Waals surface area contributed by atoms with E-state index in [1.54, 1.807) is 18.3 Å². The van der Waals surface area contributed by atoms with Crippen LogP contribution in [0.1, 0.15) is 21.6 Å². The van der Waals surface area contributed by atoms with E-state index in [9.17, 15) is 4.79 Å². The molecule has 5 nitrogen and oxygen atoms in total. The third kappa shape index (κ3) is 3.70. The lowest BCUT2D eigenvalue weighted by Gasteiger charge is -1.98. The number of carbonyl (C=O) groups excluding carboxylic acids is 1. The fourth-order valence-electron chi connectivity index (χ4n) is 2.12. The number of nitrogens with zero attached hydrogens (tertiary/aromatic N) is 2. The summed E-state index contributed by atoms with van der Waals surface area (Å²) in [5, 5.41) is 11.3. The first-order valence-electron chi connectivity index (χ1n) is 7.34. The molecule has 3 aromatic rings. The van der Waals surface area contributed by atoms with Crippen LogP contribution in [0.5, 0.6) is 0 Å². The zero-order valence-corrected chi connectivity index (χ0v) is 13.7. The summed E-state index contributed by atoms with van der Waals surface area (Å²) >= 11 is 6.13. The third-order valence-corrected chi connectivity index (χ3v) is 3.76. The molecule has 1 amide bonds. The van der Waals surface area contributed by atoms with Crippen molar-refractivity contribution in [3.63, 3.8) is 0 Å². The number of aromatic nitrogens is 2. The summed E-state index contributed by atoms with van der Waals surface area (Å²) in [6.45, 7) is 2.01. The zero-order chi connectivity index (χ0) is 16.9. The molecular formula is C18H15ClN4O. The number of hydrazone groups is 1. The summed E-state index contributed by atoms with van der Waals surface area (Å²) in [7, 11) is 0. The number of benzene rings is 2. The molecule has 0 radical (unpaired) electrons. The van der Waals surface area contributed by atoms with Crippen LogP contribution in [0.25, 0.3) is 11.3 Å². The molecule has 0 bridgehead atoms. The van der Waals surface area contributed by atoms with Crippen LogP contribution in [0.3, 0.4) is 0 Å². The van der Waals surface area contributed by atoms with Crippen molar-refractivity contribution in [1.29, 1.82) is 0 Å². The third-order valence-electron chi connectivity index (χ3n) is 3.43. The highest BCUT2D eigenvalue weighted by atomic mass is 35.5. The van der Waals surface area contributed by atoms with Crippen LogP contribution in [0, 0.1) is 6.92 Å². The van der Waals surface area contributed by atoms with Gasteiger partial charge in [0.25, 0.3) is 5.91 Å². The molecular weight excluding hydrogens is 324 g/mol. The van der Waals surface area contributed by atoms with Gasteiger partial charge in [0.1, 0.15) is 5.69 Å². The number of aromatic amines is 1. The molecule has 0 saturated heterocycles. The number of rotatable bonds is 4. The van der Waals surface area contributed by atoms with Gasteiger partial charge in [-0.1, -0.05) is 59.6 Å². The van der Waals surface area contributed by atoms with E-state index in [1.165, 1.54) is 5.56 Å². The van der Waals surface area contributed by atoms with E-state index in [0.717, 1.165) is 11.1 Å². The summed E-state index contributed by atoms with van der Waals surface area (Å²) in [5.41, 5.74) is 6.22. The maximum atomic E-state index is 12.1. The van der Waals surface area contributed by atoms with Crippen molar-refractivity contribution in [2.75, 3.05) is 0 Å². The zero-order valence-electron chi connectivity index (χ0n) is 13.0. The molecule has 3 rings (SSSR count). The summed E-state index contributed by atoms with van der Waals surface area (Å²) in [6, 6.07) is 16.8. The lowest BCUT2D eigenvalue weighted by atomic mass is 10.1. The van der Waals surface area contributed by atoms with Crippen molar-refractivity contribution in [2.24, 2.45) is 5.10 Å². The average molecular weight is 339 g/mol. The lowest BCUT2D eigenvalue weighted by molar-refractivity contribution is 0.0950. The molecule has 0 aliphatic carbocycles. The Hall–Kier alpha value is -2.92. The van der Waals surface area contributed by atoms with Gasteiger partial charge in [-0.25, -0.2) is 5.43 Å². The van der Waals surface area contributed by atoms with Gasteiger partial charge in [-0.05, 0) is 24.6 Å². The van der Waals surface area contributed by atoms with Crippen LogP contribution in [0.4, 0.5) is 0 Å². The molecule has 0 aliphatic rings. The summed E-state index contributed by atoms with van der Waals surface area (Å²) in [4.78, 5) is 12.1. The molecule has 1 heterocycles. The molecule has 6 heteroatoms. The number of H-pyrrole nitrogens is 1. The van der Waals surface area contributed by atoms with Crippen molar-refractivity contribution in [3.05, 3.63) is 76.4 Å². The predicted molar refractivity (Wildman–Crippen MR) is 95.3 cm³/mol. The van der Waals surface area contributed by atoms with Gasteiger partial charge in [0, 0.05) is 5.56 Å². The van der Waals surface area contributed by atoms with Gasteiger partial charge in [0.2, 0.25) is 0 Å². The van der Waals surface area contributed by atoms with E-state index >= 15 is 0 Å². The second-order valence-electron chi connectivity index (χ2n) is 5.26. The van der Waals surface area contributed by atoms with E-state index in [2.05, 4.69) is 20.7 Å². The van der Waals surface area contributed by atoms with Crippen LogP contribution >= 0.6 is 11.6 Å². The number of nitrogens with one attached hydrogen (secondary N) is 2. The minimum atomic E-state index is -0.371. The molecule has 2 N–H and O–H groups in total. The van der Waals surface area contributed by atoms with Crippen molar-refractivity contribution >= 4 is 23.7 Å². The van der Waals surface area contributed by atoms with E-state index in [1.807, 2.05) is 49.4 Å². The first-order chi connectivity index (χ1) is 11.6. The SMILES string of the molecule is Cc1ccc(/C=N/NC(=O)c2cc(-c3ccccc3Cl)n[nH]2)cc1. The summed E-state index contributed by atoms with van der Waals surface area (Å²) in [5.74, 6) is -0.371. The standard InChI is InChI=1S/C18H15ClN4O/c1-12-6-8-13(9-7-12)11-20-23-18(24)17-10-16(21-22-17)14-4-2-3-5-15(14)19/h2-11H,1H3,(H,21,22)(H,23,24)/b20-11+. The Kier molecular flexibility index (Phi) is 4.72. The molecule has 120 valence electrons. The minimum Gasteiger partial charge on any atom is -0.272 e. The molecule has 2 aromatic carbocycles.